The quantitative estimate of drug-likeness (QED) is 0.276. The smallest absolute Gasteiger partial charge is 0.295 e. The second-order valence-corrected chi connectivity index (χ2v) is 9.60. The number of Topliss-reactive ketones (excluding diaryl/α,β-unsaturated/α-hetero) is 1. The highest BCUT2D eigenvalue weighted by atomic mass is 16.5. The van der Waals surface area contributed by atoms with E-state index in [9.17, 15) is 14.7 Å². The molecule has 10 nitrogen and oxygen atoms in total. The summed E-state index contributed by atoms with van der Waals surface area (Å²) in [6.45, 7) is 7.39. The monoisotopic (exact) mass is 540 g/mol. The predicted octanol–water partition coefficient (Wildman–Crippen LogP) is 3.25. The van der Waals surface area contributed by atoms with E-state index in [0.29, 0.717) is 53.9 Å². The van der Waals surface area contributed by atoms with Crippen LogP contribution in [0.3, 0.4) is 0 Å². The Labute approximate surface area is 228 Å². The molecule has 2 aliphatic heterocycles. The number of aliphatic hydroxyl groups is 1. The highest BCUT2D eigenvalue weighted by molar-refractivity contribution is 6.46. The first-order chi connectivity index (χ1) is 18.8. The van der Waals surface area contributed by atoms with Crippen molar-refractivity contribution < 1.29 is 38.4 Å². The summed E-state index contributed by atoms with van der Waals surface area (Å²) in [6.07, 6.45) is -0.0127. The largest absolute Gasteiger partial charge is 0.507 e. The van der Waals surface area contributed by atoms with Crippen LogP contribution in [-0.4, -0.2) is 93.4 Å². The molecule has 0 radical (unpaired) electrons. The number of likely N-dealkylation sites (tertiary alicyclic amines) is 1. The summed E-state index contributed by atoms with van der Waals surface area (Å²) in [6, 6.07) is 9.31. The summed E-state index contributed by atoms with van der Waals surface area (Å²) < 4.78 is 27.7. The van der Waals surface area contributed by atoms with Crippen LogP contribution in [0.1, 0.15) is 31.0 Å². The number of benzene rings is 2. The molecule has 1 atom stereocenters. The van der Waals surface area contributed by atoms with E-state index in [1.165, 1.54) is 26.2 Å². The number of carbonyl (C=O) groups excluding carboxylic acids is 2. The molecule has 0 bridgehead atoms. The van der Waals surface area contributed by atoms with Gasteiger partial charge in [0.1, 0.15) is 11.5 Å². The Morgan fingerprint density at radius 1 is 0.974 bits per heavy atom. The topological polar surface area (TPSA) is 107 Å². The van der Waals surface area contributed by atoms with Crippen LogP contribution in [0.4, 0.5) is 0 Å². The molecule has 1 unspecified atom stereocenters. The lowest BCUT2D eigenvalue weighted by atomic mass is 9.94. The standard InChI is InChI=1S/C29H36N2O8/c1-18(2)39-21-8-6-19(7-9-21)26(32)24-25(20-16-22(35-3)28(37-5)23(17-20)36-4)31(29(34)27(24)33)11-10-30-12-14-38-15-13-30/h6-9,16-18,25,32H,10-15H2,1-5H3/b26-24+. The molecule has 2 aromatic carbocycles. The maximum Gasteiger partial charge on any atom is 0.295 e. The van der Waals surface area contributed by atoms with Gasteiger partial charge in [-0.1, -0.05) is 0 Å². The molecule has 1 N–H and O–H groups in total. The average Bonchev–Trinajstić information content (AvgIpc) is 3.20. The second-order valence-electron chi connectivity index (χ2n) is 9.60. The number of rotatable bonds is 10. The fourth-order valence-corrected chi connectivity index (χ4v) is 4.91. The van der Waals surface area contributed by atoms with Crippen LogP contribution in [0.2, 0.25) is 0 Å². The first-order valence-electron chi connectivity index (χ1n) is 12.9. The van der Waals surface area contributed by atoms with Gasteiger partial charge >= 0.3 is 0 Å². The third-order valence-corrected chi connectivity index (χ3v) is 6.80. The van der Waals surface area contributed by atoms with Gasteiger partial charge in [-0.3, -0.25) is 14.5 Å². The number of morpholine rings is 1. The number of nitrogens with zero attached hydrogens (tertiary/aromatic N) is 2. The minimum atomic E-state index is -0.869. The van der Waals surface area contributed by atoms with E-state index in [1.54, 1.807) is 36.4 Å². The number of hydrogen-bond donors (Lipinski definition) is 1. The van der Waals surface area contributed by atoms with E-state index in [-0.39, 0.29) is 24.0 Å². The van der Waals surface area contributed by atoms with Gasteiger partial charge in [-0.25, -0.2) is 0 Å². The minimum absolute atomic E-state index is 0.00576. The van der Waals surface area contributed by atoms with Gasteiger partial charge in [-0.2, -0.15) is 0 Å². The lowest BCUT2D eigenvalue weighted by Gasteiger charge is -2.31. The number of amides is 1. The Bertz CT molecular complexity index is 1190. The minimum Gasteiger partial charge on any atom is -0.507 e. The maximum absolute atomic E-state index is 13.5. The molecule has 39 heavy (non-hydrogen) atoms. The fourth-order valence-electron chi connectivity index (χ4n) is 4.91. The van der Waals surface area contributed by atoms with Gasteiger partial charge < -0.3 is 33.7 Å². The zero-order valence-corrected chi connectivity index (χ0v) is 23.1. The zero-order valence-electron chi connectivity index (χ0n) is 23.1. The summed E-state index contributed by atoms with van der Waals surface area (Å²) in [7, 11) is 4.50. The molecule has 0 aromatic heterocycles. The number of methoxy groups -OCH3 is 3. The van der Waals surface area contributed by atoms with Crippen LogP contribution in [0.5, 0.6) is 23.0 Å². The first-order valence-corrected chi connectivity index (χ1v) is 12.9. The summed E-state index contributed by atoms with van der Waals surface area (Å²) in [4.78, 5) is 30.5. The first kappa shape index (κ1) is 28.3. The molecule has 10 heteroatoms. The SMILES string of the molecule is COc1cc(C2/C(=C(\O)c3ccc(OC(C)C)cc3)C(=O)C(=O)N2CCN2CCOCC2)cc(OC)c1OC. The van der Waals surface area contributed by atoms with Crippen molar-refractivity contribution >= 4 is 17.4 Å². The number of carbonyl (C=O) groups is 2. The average molecular weight is 541 g/mol. The van der Waals surface area contributed by atoms with Crippen LogP contribution in [-0.2, 0) is 14.3 Å². The molecule has 1 amide bonds. The van der Waals surface area contributed by atoms with Crippen molar-refractivity contribution in [1.82, 2.24) is 9.80 Å². The van der Waals surface area contributed by atoms with Gasteiger partial charge in [0.2, 0.25) is 5.75 Å². The van der Waals surface area contributed by atoms with E-state index in [2.05, 4.69) is 4.90 Å². The Morgan fingerprint density at radius 2 is 1.59 bits per heavy atom. The molecule has 2 aromatic rings. The molecular weight excluding hydrogens is 504 g/mol. The summed E-state index contributed by atoms with van der Waals surface area (Å²) >= 11 is 0. The molecule has 2 aliphatic rings. The maximum atomic E-state index is 13.5. The molecule has 0 saturated carbocycles. The number of aliphatic hydroxyl groups excluding tert-OH is 1. The van der Waals surface area contributed by atoms with E-state index in [4.69, 9.17) is 23.7 Å². The third-order valence-electron chi connectivity index (χ3n) is 6.80. The highest BCUT2D eigenvalue weighted by Gasteiger charge is 2.46. The number of hydrogen-bond acceptors (Lipinski definition) is 9. The molecule has 2 saturated heterocycles. The van der Waals surface area contributed by atoms with Crippen LogP contribution >= 0.6 is 0 Å². The molecule has 210 valence electrons. The normalized spacial score (nSPS) is 19.4. The molecule has 0 spiro atoms. The van der Waals surface area contributed by atoms with E-state index in [1.807, 2.05) is 13.8 Å². The second kappa shape index (κ2) is 12.4. The predicted molar refractivity (Wildman–Crippen MR) is 145 cm³/mol. The Balaban J connectivity index is 1.80. The van der Waals surface area contributed by atoms with Gasteiger partial charge in [0, 0.05) is 31.7 Å². The van der Waals surface area contributed by atoms with Gasteiger partial charge in [-0.15, -0.1) is 0 Å². The third kappa shape index (κ3) is 5.97. The molecule has 4 rings (SSSR count). The van der Waals surface area contributed by atoms with Crippen molar-refractivity contribution in [1.29, 1.82) is 0 Å². The number of ether oxygens (including phenoxy) is 5. The van der Waals surface area contributed by atoms with Crippen molar-refractivity contribution in [3.05, 3.63) is 53.1 Å². The van der Waals surface area contributed by atoms with Gasteiger partial charge in [-0.05, 0) is 55.8 Å². The van der Waals surface area contributed by atoms with E-state index >= 15 is 0 Å². The molecule has 2 fully saturated rings. The van der Waals surface area contributed by atoms with Crippen molar-refractivity contribution in [2.75, 3.05) is 60.7 Å². The van der Waals surface area contributed by atoms with E-state index < -0.39 is 17.7 Å². The van der Waals surface area contributed by atoms with Gasteiger partial charge in [0.15, 0.2) is 11.5 Å². The lowest BCUT2D eigenvalue weighted by Crippen LogP contribution is -2.42. The van der Waals surface area contributed by atoms with Crippen molar-refractivity contribution in [3.8, 4) is 23.0 Å². The van der Waals surface area contributed by atoms with Crippen LogP contribution in [0.15, 0.2) is 42.0 Å². The molecular formula is C29H36N2O8. The highest BCUT2D eigenvalue weighted by Crippen LogP contribution is 2.45. The summed E-state index contributed by atoms with van der Waals surface area (Å²) in [5.74, 6) is 0.0705. The van der Waals surface area contributed by atoms with E-state index in [0.717, 1.165) is 13.1 Å². The number of ketones is 1. The Kier molecular flexibility index (Phi) is 8.98. The Morgan fingerprint density at radius 3 is 2.13 bits per heavy atom. The van der Waals surface area contributed by atoms with Crippen molar-refractivity contribution in [2.24, 2.45) is 0 Å². The molecule has 0 aliphatic carbocycles. The zero-order chi connectivity index (χ0) is 28.1. The van der Waals surface area contributed by atoms with Gasteiger partial charge in [0.05, 0.1) is 52.3 Å². The Hall–Kier alpha value is -3.76. The van der Waals surface area contributed by atoms with Crippen molar-refractivity contribution in [2.45, 2.75) is 26.0 Å². The fraction of sp³-hybridized carbons (Fsp3) is 0.448. The van der Waals surface area contributed by atoms with Crippen molar-refractivity contribution in [3.63, 3.8) is 0 Å². The van der Waals surface area contributed by atoms with Crippen LogP contribution in [0.25, 0.3) is 5.76 Å². The lowest BCUT2D eigenvalue weighted by molar-refractivity contribution is -0.140. The van der Waals surface area contributed by atoms with Gasteiger partial charge in [0.25, 0.3) is 11.7 Å². The molecule has 2 heterocycles. The summed E-state index contributed by atoms with van der Waals surface area (Å²) in [5.41, 5.74) is 0.940. The van der Waals surface area contributed by atoms with Crippen LogP contribution in [0, 0.1) is 0 Å². The van der Waals surface area contributed by atoms with Crippen LogP contribution < -0.4 is 18.9 Å². The summed E-state index contributed by atoms with van der Waals surface area (Å²) in [5, 5.41) is 11.4.